The van der Waals surface area contributed by atoms with E-state index in [2.05, 4.69) is 15.2 Å². The van der Waals surface area contributed by atoms with Crippen LogP contribution in [0.15, 0.2) is 68.7 Å². The Morgan fingerprint density at radius 2 is 1.63 bits per heavy atom. The van der Waals surface area contributed by atoms with Crippen LogP contribution in [-0.2, 0) is 5.75 Å². The van der Waals surface area contributed by atoms with E-state index < -0.39 is 0 Å². The fourth-order valence-electron chi connectivity index (χ4n) is 2.51. The van der Waals surface area contributed by atoms with Crippen molar-refractivity contribution in [1.82, 2.24) is 15.2 Å². The Hall–Kier alpha value is -3.06. The SMILES string of the molecule is COc1ccc(-c2nnc(SCc3nc(-c4ccccc4)oc3C)o2)cc1. The van der Waals surface area contributed by atoms with Crippen molar-refractivity contribution < 1.29 is 13.6 Å². The van der Waals surface area contributed by atoms with Crippen LogP contribution >= 0.6 is 11.8 Å². The summed E-state index contributed by atoms with van der Waals surface area (Å²) < 4.78 is 16.7. The summed E-state index contributed by atoms with van der Waals surface area (Å²) in [5.41, 5.74) is 2.67. The first-order chi connectivity index (χ1) is 13.2. The predicted octanol–water partition coefficient (Wildman–Crippen LogP) is 5.00. The predicted molar refractivity (Wildman–Crippen MR) is 103 cm³/mol. The van der Waals surface area contributed by atoms with Crippen molar-refractivity contribution in [3.05, 3.63) is 66.1 Å². The molecule has 27 heavy (non-hydrogen) atoms. The van der Waals surface area contributed by atoms with Crippen LogP contribution in [-0.4, -0.2) is 22.3 Å². The van der Waals surface area contributed by atoms with Gasteiger partial charge in [0.2, 0.25) is 11.8 Å². The average Bonchev–Trinajstić information content (AvgIpc) is 3.34. The third kappa shape index (κ3) is 3.88. The van der Waals surface area contributed by atoms with Gasteiger partial charge in [0.15, 0.2) is 0 Å². The molecule has 2 aromatic carbocycles. The lowest BCUT2D eigenvalue weighted by Gasteiger charge is -1.99. The second-order valence-electron chi connectivity index (χ2n) is 5.78. The van der Waals surface area contributed by atoms with Crippen molar-refractivity contribution >= 4 is 11.8 Å². The molecule has 0 atom stereocenters. The summed E-state index contributed by atoms with van der Waals surface area (Å²) in [6, 6.07) is 17.3. The summed E-state index contributed by atoms with van der Waals surface area (Å²) in [5.74, 6) is 3.25. The molecule has 7 heteroatoms. The normalized spacial score (nSPS) is 10.9. The maximum absolute atomic E-state index is 5.78. The van der Waals surface area contributed by atoms with Crippen LogP contribution < -0.4 is 4.74 Å². The number of methoxy groups -OCH3 is 1. The van der Waals surface area contributed by atoms with Gasteiger partial charge in [-0.15, -0.1) is 10.2 Å². The molecular weight excluding hydrogens is 362 g/mol. The summed E-state index contributed by atoms with van der Waals surface area (Å²) in [6.07, 6.45) is 0. The summed E-state index contributed by atoms with van der Waals surface area (Å²) >= 11 is 1.43. The molecule has 0 amide bonds. The zero-order valence-electron chi connectivity index (χ0n) is 14.9. The van der Waals surface area contributed by atoms with E-state index in [0.717, 1.165) is 28.3 Å². The number of hydrogen-bond acceptors (Lipinski definition) is 7. The minimum absolute atomic E-state index is 0.474. The van der Waals surface area contributed by atoms with E-state index in [1.165, 1.54) is 11.8 Å². The van der Waals surface area contributed by atoms with Crippen molar-refractivity contribution in [2.75, 3.05) is 7.11 Å². The van der Waals surface area contributed by atoms with Gasteiger partial charge in [0.05, 0.1) is 12.8 Å². The van der Waals surface area contributed by atoms with E-state index in [1.54, 1.807) is 7.11 Å². The Bertz CT molecular complexity index is 1030. The maximum atomic E-state index is 5.78. The van der Waals surface area contributed by atoms with Crippen LogP contribution in [0.25, 0.3) is 22.9 Å². The van der Waals surface area contributed by atoms with Crippen molar-refractivity contribution in [3.8, 4) is 28.7 Å². The van der Waals surface area contributed by atoms with Gasteiger partial charge < -0.3 is 13.6 Å². The lowest BCUT2D eigenvalue weighted by molar-refractivity contribution is 0.414. The monoisotopic (exact) mass is 379 g/mol. The number of ether oxygens (including phenoxy) is 1. The molecule has 0 unspecified atom stereocenters. The van der Waals surface area contributed by atoms with E-state index in [1.807, 2.05) is 61.5 Å². The van der Waals surface area contributed by atoms with E-state index in [-0.39, 0.29) is 0 Å². The molecule has 0 saturated carbocycles. The molecule has 0 aliphatic rings. The minimum Gasteiger partial charge on any atom is -0.497 e. The quantitative estimate of drug-likeness (QED) is 0.436. The first-order valence-corrected chi connectivity index (χ1v) is 9.34. The lowest BCUT2D eigenvalue weighted by Crippen LogP contribution is -1.84. The highest BCUT2D eigenvalue weighted by Crippen LogP contribution is 2.29. The number of benzene rings is 2. The Morgan fingerprint density at radius 3 is 2.37 bits per heavy atom. The minimum atomic E-state index is 0.474. The summed E-state index contributed by atoms with van der Waals surface area (Å²) in [4.78, 5) is 4.59. The maximum Gasteiger partial charge on any atom is 0.277 e. The fraction of sp³-hybridized carbons (Fsp3) is 0.150. The molecule has 4 rings (SSSR count). The molecule has 136 valence electrons. The van der Waals surface area contributed by atoms with Gasteiger partial charge in [-0.2, -0.15) is 0 Å². The molecule has 0 radical (unpaired) electrons. The van der Waals surface area contributed by atoms with Gasteiger partial charge >= 0.3 is 0 Å². The van der Waals surface area contributed by atoms with Crippen molar-refractivity contribution in [3.63, 3.8) is 0 Å². The van der Waals surface area contributed by atoms with Gasteiger partial charge in [0.25, 0.3) is 5.22 Å². The number of nitrogens with zero attached hydrogens (tertiary/aromatic N) is 3. The molecule has 0 bridgehead atoms. The van der Waals surface area contributed by atoms with Crippen molar-refractivity contribution in [2.24, 2.45) is 0 Å². The van der Waals surface area contributed by atoms with Gasteiger partial charge in [-0.25, -0.2) is 4.98 Å². The highest BCUT2D eigenvalue weighted by atomic mass is 32.2. The Morgan fingerprint density at radius 1 is 0.889 bits per heavy atom. The van der Waals surface area contributed by atoms with Crippen LogP contribution in [0.1, 0.15) is 11.5 Å². The number of oxazole rings is 1. The first kappa shape index (κ1) is 17.4. The van der Waals surface area contributed by atoms with Gasteiger partial charge in [0, 0.05) is 16.9 Å². The highest BCUT2D eigenvalue weighted by molar-refractivity contribution is 7.98. The topological polar surface area (TPSA) is 74.2 Å². The molecule has 2 aromatic heterocycles. The molecule has 0 saturated heterocycles. The molecule has 6 nitrogen and oxygen atoms in total. The van der Waals surface area contributed by atoms with Gasteiger partial charge in [0.1, 0.15) is 11.5 Å². The van der Waals surface area contributed by atoms with Crippen molar-refractivity contribution in [1.29, 1.82) is 0 Å². The van der Waals surface area contributed by atoms with E-state index >= 15 is 0 Å². The molecule has 0 spiro atoms. The summed E-state index contributed by atoms with van der Waals surface area (Å²) in [5, 5.41) is 8.70. The molecule has 0 N–H and O–H groups in total. The molecule has 0 fully saturated rings. The first-order valence-electron chi connectivity index (χ1n) is 8.35. The van der Waals surface area contributed by atoms with Crippen LogP contribution in [0.4, 0.5) is 0 Å². The number of thioether (sulfide) groups is 1. The number of aryl methyl sites for hydroxylation is 1. The Balaban J connectivity index is 1.45. The van der Waals surface area contributed by atoms with Crippen LogP contribution in [0.3, 0.4) is 0 Å². The van der Waals surface area contributed by atoms with E-state index in [4.69, 9.17) is 13.6 Å². The smallest absolute Gasteiger partial charge is 0.277 e. The van der Waals surface area contributed by atoms with Crippen LogP contribution in [0.2, 0.25) is 0 Å². The Labute approximate surface area is 160 Å². The van der Waals surface area contributed by atoms with E-state index in [0.29, 0.717) is 22.8 Å². The lowest BCUT2D eigenvalue weighted by atomic mass is 10.2. The molecule has 2 heterocycles. The molecule has 0 aliphatic heterocycles. The molecular formula is C20H17N3O3S. The van der Waals surface area contributed by atoms with Crippen LogP contribution in [0, 0.1) is 6.92 Å². The Kier molecular flexibility index (Phi) is 4.93. The number of aromatic nitrogens is 3. The largest absolute Gasteiger partial charge is 0.497 e. The van der Waals surface area contributed by atoms with Crippen molar-refractivity contribution in [2.45, 2.75) is 17.9 Å². The summed E-state index contributed by atoms with van der Waals surface area (Å²) in [7, 11) is 1.63. The molecule has 4 aromatic rings. The third-order valence-corrected chi connectivity index (χ3v) is 4.82. The second-order valence-corrected chi connectivity index (χ2v) is 6.70. The van der Waals surface area contributed by atoms with E-state index in [9.17, 15) is 0 Å². The summed E-state index contributed by atoms with van der Waals surface area (Å²) in [6.45, 7) is 1.91. The zero-order valence-corrected chi connectivity index (χ0v) is 15.7. The van der Waals surface area contributed by atoms with Crippen LogP contribution in [0.5, 0.6) is 5.75 Å². The highest BCUT2D eigenvalue weighted by Gasteiger charge is 2.14. The average molecular weight is 379 g/mol. The standard InChI is InChI=1S/C20H17N3O3S/c1-13-17(21-18(25-13)14-6-4-3-5-7-14)12-27-20-23-22-19(26-20)15-8-10-16(24-2)11-9-15/h3-11H,12H2,1-2H3. The fourth-order valence-corrected chi connectivity index (χ4v) is 3.28. The second kappa shape index (κ2) is 7.67. The van der Waals surface area contributed by atoms with Gasteiger partial charge in [-0.1, -0.05) is 30.0 Å². The van der Waals surface area contributed by atoms with Gasteiger partial charge in [-0.3, -0.25) is 0 Å². The molecule has 0 aliphatic carbocycles. The third-order valence-electron chi connectivity index (χ3n) is 3.99. The number of hydrogen-bond donors (Lipinski definition) is 0. The van der Waals surface area contributed by atoms with Gasteiger partial charge in [-0.05, 0) is 43.3 Å². The zero-order chi connectivity index (χ0) is 18.6. The number of rotatable bonds is 6.